The number of hydrogen-bond donors (Lipinski definition) is 2. The largest absolute Gasteiger partial charge is 0.336 e. The molecule has 0 radical (unpaired) electrons. The lowest BCUT2D eigenvalue weighted by Crippen LogP contribution is -2.35. The number of nitrogens with zero attached hydrogens (tertiary/aromatic N) is 3. The summed E-state index contributed by atoms with van der Waals surface area (Å²) in [5.74, 6) is -0.0413. The van der Waals surface area contributed by atoms with Crippen LogP contribution < -0.4 is 10.6 Å². The van der Waals surface area contributed by atoms with E-state index in [4.69, 9.17) is 0 Å². The first-order valence-electron chi connectivity index (χ1n) is 7.00. The Hall–Kier alpha value is -2.13. The van der Waals surface area contributed by atoms with Gasteiger partial charge in [-0.25, -0.2) is 4.79 Å². The first-order valence-corrected chi connectivity index (χ1v) is 8.80. The zero-order valence-corrected chi connectivity index (χ0v) is 14.0. The van der Waals surface area contributed by atoms with Crippen molar-refractivity contribution >= 4 is 45.9 Å². The second-order valence-corrected chi connectivity index (χ2v) is 7.13. The molecule has 7 nitrogen and oxygen atoms in total. The molecule has 2 heterocycles. The van der Waals surface area contributed by atoms with Gasteiger partial charge in [0, 0.05) is 18.8 Å². The summed E-state index contributed by atoms with van der Waals surface area (Å²) in [6.45, 7) is 2.96. The van der Waals surface area contributed by atoms with Gasteiger partial charge < -0.3 is 10.6 Å². The van der Waals surface area contributed by atoms with E-state index in [-0.39, 0.29) is 17.7 Å². The molecule has 3 amide bonds. The van der Waals surface area contributed by atoms with Crippen LogP contribution in [0.25, 0.3) is 0 Å². The first kappa shape index (κ1) is 15.8. The van der Waals surface area contributed by atoms with E-state index in [0.717, 1.165) is 11.3 Å². The van der Waals surface area contributed by atoms with Gasteiger partial charge in [-0.15, -0.1) is 10.2 Å². The number of carbonyl (C=O) groups is 2. The molecule has 9 heteroatoms. The third kappa shape index (κ3) is 3.99. The fourth-order valence-electron chi connectivity index (χ4n) is 2.08. The van der Waals surface area contributed by atoms with Crippen LogP contribution in [0.4, 0.5) is 15.6 Å². The maximum Gasteiger partial charge on any atom is 0.324 e. The molecule has 1 aromatic carbocycles. The smallest absolute Gasteiger partial charge is 0.324 e. The first-order chi connectivity index (χ1) is 11.1. The normalized spacial score (nSPS) is 14.0. The van der Waals surface area contributed by atoms with Gasteiger partial charge in [0.05, 0.1) is 5.75 Å². The molecule has 1 aliphatic heterocycles. The maximum atomic E-state index is 11.9. The topological polar surface area (TPSA) is 87.2 Å². The molecule has 1 fully saturated rings. The number of nitrogens with one attached hydrogen (secondary N) is 2. The van der Waals surface area contributed by atoms with Crippen LogP contribution in [0.3, 0.4) is 0 Å². The lowest BCUT2D eigenvalue weighted by molar-refractivity contribution is -0.124. The minimum Gasteiger partial charge on any atom is -0.336 e. The number of hydrogen-bond acceptors (Lipinski definition) is 7. The highest BCUT2D eigenvalue weighted by atomic mass is 32.2. The monoisotopic (exact) mass is 349 g/mol. The standard InChI is InChI=1S/C14H15N5O2S2/c1-9-3-2-4-10(7-9)16-12-17-18-14(23-12)22-8-11(20)19-6-5-15-13(19)21/h2-4,7H,5-6,8H2,1H3,(H,15,21)(H,16,17). The molecule has 1 saturated heterocycles. The molecular weight excluding hydrogens is 334 g/mol. The van der Waals surface area contributed by atoms with Crippen molar-refractivity contribution in [1.29, 1.82) is 0 Å². The van der Waals surface area contributed by atoms with Gasteiger partial charge in [0.2, 0.25) is 11.0 Å². The van der Waals surface area contributed by atoms with Crippen molar-refractivity contribution in [2.45, 2.75) is 11.3 Å². The Bertz CT molecular complexity index is 733. The number of amides is 3. The van der Waals surface area contributed by atoms with Crippen molar-refractivity contribution in [3.63, 3.8) is 0 Å². The Kier molecular flexibility index (Phi) is 4.77. The zero-order chi connectivity index (χ0) is 16.2. The van der Waals surface area contributed by atoms with E-state index in [1.54, 1.807) is 0 Å². The van der Waals surface area contributed by atoms with Crippen molar-refractivity contribution < 1.29 is 9.59 Å². The third-order valence-corrected chi connectivity index (χ3v) is 5.11. The lowest BCUT2D eigenvalue weighted by atomic mass is 10.2. The van der Waals surface area contributed by atoms with Gasteiger partial charge in [0.1, 0.15) is 0 Å². The summed E-state index contributed by atoms with van der Waals surface area (Å²) in [6.07, 6.45) is 0. The number of anilines is 2. The molecular formula is C14H15N5O2S2. The van der Waals surface area contributed by atoms with Gasteiger partial charge in [0.15, 0.2) is 4.34 Å². The Morgan fingerprint density at radius 3 is 3.09 bits per heavy atom. The van der Waals surface area contributed by atoms with Gasteiger partial charge in [-0.05, 0) is 24.6 Å². The molecule has 0 saturated carbocycles. The number of urea groups is 1. The quantitative estimate of drug-likeness (QED) is 0.805. The summed E-state index contributed by atoms with van der Waals surface area (Å²) < 4.78 is 0.688. The summed E-state index contributed by atoms with van der Waals surface area (Å²) in [6, 6.07) is 7.64. The van der Waals surface area contributed by atoms with Gasteiger partial charge in [-0.3, -0.25) is 9.69 Å². The van der Waals surface area contributed by atoms with Crippen LogP contribution >= 0.6 is 23.1 Å². The van der Waals surface area contributed by atoms with Crippen LogP contribution in [0, 0.1) is 6.92 Å². The Morgan fingerprint density at radius 2 is 2.35 bits per heavy atom. The molecule has 0 unspecified atom stereocenters. The molecule has 3 rings (SSSR count). The minimum atomic E-state index is -0.324. The number of aromatic nitrogens is 2. The van der Waals surface area contributed by atoms with Crippen LogP contribution in [-0.2, 0) is 4.79 Å². The van der Waals surface area contributed by atoms with Crippen LogP contribution in [0.1, 0.15) is 5.56 Å². The van der Waals surface area contributed by atoms with E-state index >= 15 is 0 Å². The van der Waals surface area contributed by atoms with Crippen LogP contribution in [-0.4, -0.2) is 45.9 Å². The number of benzene rings is 1. The van der Waals surface area contributed by atoms with Crippen molar-refractivity contribution in [2.24, 2.45) is 0 Å². The Morgan fingerprint density at radius 1 is 1.48 bits per heavy atom. The second-order valence-electron chi connectivity index (χ2n) is 4.93. The fourth-order valence-corrected chi connectivity index (χ4v) is 3.72. The van der Waals surface area contributed by atoms with E-state index in [9.17, 15) is 9.59 Å². The number of carbonyl (C=O) groups excluding carboxylic acids is 2. The van der Waals surface area contributed by atoms with Crippen molar-refractivity contribution in [3.8, 4) is 0 Å². The number of thioether (sulfide) groups is 1. The van der Waals surface area contributed by atoms with Crippen molar-refractivity contribution in [1.82, 2.24) is 20.4 Å². The van der Waals surface area contributed by atoms with E-state index in [1.807, 2.05) is 31.2 Å². The molecule has 0 atom stereocenters. The zero-order valence-electron chi connectivity index (χ0n) is 12.4. The summed E-state index contributed by atoms with van der Waals surface area (Å²) in [4.78, 5) is 24.6. The van der Waals surface area contributed by atoms with Gasteiger partial charge in [0.25, 0.3) is 0 Å². The van der Waals surface area contributed by atoms with Gasteiger partial charge in [-0.2, -0.15) is 0 Å². The second kappa shape index (κ2) is 6.97. The van der Waals surface area contributed by atoms with Gasteiger partial charge >= 0.3 is 6.03 Å². The summed E-state index contributed by atoms with van der Waals surface area (Å²) >= 11 is 2.66. The summed E-state index contributed by atoms with van der Waals surface area (Å²) in [5.41, 5.74) is 2.10. The highest BCUT2D eigenvalue weighted by molar-refractivity contribution is 8.01. The lowest BCUT2D eigenvalue weighted by Gasteiger charge is -2.10. The molecule has 0 bridgehead atoms. The molecule has 1 aromatic heterocycles. The fraction of sp³-hybridized carbons (Fsp3) is 0.286. The highest BCUT2D eigenvalue weighted by Crippen LogP contribution is 2.28. The van der Waals surface area contributed by atoms with Crippen LogP contribution in [0.5, 0.6) is 0 Å². The number of imide groups is 1. The van der Waals surface area contributed by atoms with E-state index in [2.05, 4.69) is 20.8 Å². The Balaban J connectivity index is 1.55. The maximum absolute atomic E-state index is 11.9. The van der Waals surface area contributed by atoms with E-state index < -0.39 is 0 Å². The molecule has 23 heavy (non-hydrogen) atoms. The predicted octanol–water partition coefficient (Wildman–Crippen LogP) is 2.23. The average molecular weight is 349 g/mol. The molecule has 2 aromatic rings. The predicted molar refractivity (Wildman–Crippen MR) is 90.2 cm³/mol. The number of aryl methyl sites for hydroxylation is 1. The molecule has 2 N–H and O–H groups in total. The highest BCUT2D eigenvalue weighted by Gasteiger charge is 2.26. The number of rotatable bonds is 5. The van der Waals surface area contributed by atoms with Crippen molar-refractivity contribution in [2.75, 3.05) is 24.2 Å². The van der Waals surface area contributed by atoms with Gasteiger partial charge in [-0.1, -0.05) is 35.2 Å². The molecule has 0 aliphatic carbocycles. The summed E-state index contributed by atoms with van der Waals surface area (Å²) in [7, 11) is 0. The summed E-state index contributed by atoms with van der Waals surface area (Å²) in [5, 5.41) is 14.6. The minimum absolute atomic E-state index is 0.173. The molecule has 120 valence electrons. The van der Waals surface area contributed by atoms with E-state index in [1.165, 1.54) is 28.0 Å². The van der Waals surface area contributed by atoms with Crippen LogP contribution in [0.15, 0.2) is 28.6 Å². The molecule has 1 aliphatic rings. The average Bonchev–Trinajstić information content (AvgIpc) is 3.14. The third-order valence-electron chi connectivity index (χ3n) is 3.15. The Labute approximate surface area is 141 Å². The van der Waals surface area contributed by atoms with Crippen molar-refractivity contribution in [3.05, 3.63) is 29.8 Å². The molecule has 0 spiro atoms. The SMILES string of the molecule is Cc1cccc(Nc2nnc(SCC(=O)N3CCNC3=O)s2)c1. The van der Waals surface area contributed by atoms with Crippen LogP contribution in [0.2, 0.25) is 0 Å². The van der Waals surface area contributed by atoms with E-state index in [0.29, 0.717) is 22.6 Å².